The fraction of sp³-hybridized carbons (Fsp3) is 0.833. The van der Waals surface area contributed by atoms with Gasteiger partial charge in [-0.05, 0) is 25.7 Å². The lowest BCUT2D eigenvalue weighted by Crippen LogP contribution is -2.58. The lowest BCUT2D eigenvalue weighted by Gasteiger charge is -2.39. The Balaban J connectivity index is 2.38. The van der Waals surface area contributed by atoms with Crippen molar-refractivity contribution in [2.75, 3.05) is 6.54 Å². The minimum atomic E-state index is -0.230. The fourth-order valence-electron chi connectivity index (χ4n) is 2.14. The highest BCUT2D eigenvalue weighted by molar-refractivity contribution is 5.88. The molecule has 0 bridgehead atoms. The highest BCUT2D eigenvalue weighted by Gasteiger charge is 2.36. The molecule has 16 heavy (non-hydrogen) atoms. The summed E-state index contributed by atoms with van der Waals surface area (Å²) in [6.07, 6.45) is 1.76. The summed E-state index contributed by atoms with van der Waals surface area (Å²) in [7, 11) is 0. The van der Waals surface area contributed by atoms with E-state index in [1.165, 1.54) is 6.92 Å². The molecule has 0 radical (unpaired) electrons. The Morgan fingerprint density at radius 3 is 2.38 bits per heavy atom. The maximum Gasteiger partial charge on any atom is 0.243 e. The first kappa shape index (κ1) is 13.0. The number of rotatable bonds is 4. The summed E-state index contributed by atoms with van der Waals surface area (Å²) in [4.78, 5) is 24.6. The first-order valence-electron chi connectivity index (χ1n) is 5.99. The van der Waals surface area contributed by atoms with Gasteiger partial charge < -0.3 is 10.2 Å². The van der Waals surface area contributed by atoms with Crippen LogP contribution in [0.25, 0.3) is 0 Å². The van der Waals surface area contributed by atoms with Gasteiger partial charge in [-0.3, -0.25) is 9.59 Å². The molecule has 92 valence electrons. The predicted octanol–water partition coefficient (Wildman–Crippen LogP) is 1.16. The molecule has 2 amide bonds. The number of amides is 2. The molecule has 0 aromatic rings. The van der Waals surface area contributed by atoms with Gasteiger partial charge >= 0.3 is 0 Å². The van der Waals surface area contributed by atoms with Crippen LogP contribution in [-0.2, 0) is 9.59 Å². The van der Waals surface area contributed by atoms with Crippen molar-refractivity contribution in [3.8, 4) is 0 Å². The third-order valence-corrected chi connectivity index (χ3v) is 2.94. The molecule has 1 aliphatic rings. The SMILES string of the molecule is CC(=O)N1CCC1C(=O)NC(C)CC(C)C. The summed E-state index contributed by atoms with van der Waals surface area (Å²) in [6, 6.07) is -0.0472. The van der Waals surface area contributed by atoms with Crippen LogP contribution in [0.4, 0.5) is 0 Å². The Bertz CT molecular complexity index is 276. The van der Waals surface area contributed by atoms with Gasteiger partial charge in [0, 0.05) is 19.5 Å². The first-order valence-corrected chi connectivity index (χ1v) is 5.99. The molecule has 0 aliphatic carbocycles. The number of hydrogen-bond donors (Lipinski definition) is 1. The zero-order valence-electron chi connectivity index (χ0n) is 10.6. The van der Waals surface area contributed by atoms with Gasteiger partial charge in [-0.2, -0.15) is 0 Å². The van der Waals surface area contributed by atoms with Crippen LogP contribution >= 0.6 is 0 Å². The van der Waals surface area contributed by atoms with E-state index in [4.69, 9.17) is 0 Å². The molecule has 1 rings (SSSR count). The molecule has 4 heteroatoms. The van der Waals surface area contributed by atoms with E-state index in [9.17, 15) is 9.59 Å². The van der Waals surface area contributed by atoms with E-state index in [0.717, 1.165) is 12.8 Å². The van der Waals surface area contributed by atoms with Crippen LogP contribution < -0.4 is 5.32 Å². The standard InChI is InChI=1S/C12H22N2O2/c1-8(2)7-9(3)13-12(16)11-5-6-14(11)10(4)15/h8-9,11H,5-7H2,1-4H3,(H,13,16). The monoisotopic (exact) mass is 226 g/mol. The van der Waals surface area contributed by atoms with Crippen molar-refractivity contribution in [1.82, 2.24) is 10.2 Å². The van der Waals surface area contributed by atoms with Crippen molar-refractivity contribution in [3.05, 3.63) is 0 Å². The third-order valence-electron chi connectivity index (χ3n) is 2.94. The molecule has 1 N–H and O–H groups in total. The zero-order valence-corrected chi connectivity index (χ0v) is 10.6. The first-order chi connectivity index (χ1) is 7.41. The van der Waals surface area contributed by atoms with Crippen molar-refractivity contribution in [3.63, 3.8) is 0 Å². The number of hydrogen-bond acceptors (Lipinski definition) is 2. The van der Waals surface area contributed by atoms with Crippen molar-refractivity contribution in [2.24, 2.45) is 5.92 Å². The number of nitrogens with zero attached hydrogens (tertiary/aromatic N) is 1. The maximum atomic E-state index is 11.8. The molecular weight excluding hydrogens is 204 g/mol. The van der Waals surface area contributed by atoms with E-state index in [1.807, 2.05) is 6.92 Å². The largest absolute Gasteiger partial charge is 0.352 e. The van der Waals surface area contributed by atoms with Gasteiger partial charge in [-0.15, -0.1) is 0 Å². The quantitative estimate of drug-likeness (QED) is 0.782. The summed E-state index contributed by atoms with van der Waals surface area (Å²) in [6.45, 7) is 8.50. The Morgan fingerprint density at radius 1 is 1.38 bits per heavy atom. The maximum absolute atomic E-state index is 11.8. The lowest BCUT2D eigenvalue weighted by molar-refractivity contribution is -0.146. The van der Waals surface area contributed by atoms with E-state index in [-0.39, 0.29) is 23.9 Å². The van der Waals surface area contributed by atoms with Crippen molar-refractivity contribution in [1.29, 1.82) is 0 Å². The molecular formula is C12H22N2O2. The Morgan fingerprint density at radius 2 is 2.00 bits per heavy atom. The normalized spacial score (nSPS) is 21.6. The third kappa shape index (κ3) is 3.22. The molecule has 0 spiro atoms. The highest BCUT2D eigenvalue weighted by atomic mass is 16.2. The predicted molar refractivity (Wildman–Crippen MR) is 62.9 cm³/mol. The molecule has 4 nitrogen and oxygen atoms in total. The van der Waals surface area contributed by atoms with E-state index in [2.05, 4.69) is 19.2 Å². The molecule has 0 saturated carbocycles. The van der Waals surface area contributed by atoms with Crippen LogP contribution in [0.5, 0.6) is 0 Å². The van der Waals surface area contributed by atoms with Gasteiger partial charge in [0.1, 0.15) is 6.04 Å². The molecule has 2 atom stereocenters. The summed E-state index contributed by atoms with van der Waals surface area (Å²) in [5.41, 5.74) is 0. The van der Waals surface area contributed by atoms with Crippen LogP contribution in [0.15, 0.2) is 0 Å². The number of likely N-dealkylation sites (tertiary alicyclic amines) is 1. The summed E-state index contributed by atoms with van der Waals surface area (Å²) >= 11 is 0. The molecule has 0 aromatic heterocycles. The van der Waals surface area contributed by atoms with Crippen LogP contribution in [0, 0.1) is 5.92 Å². The summed E-state index contributed by atoms with van der Waals surface area (Å²) in [5.74, 6) is 0.554. The van der Waals surface area contributed by atoms with Gasteiger partial charge in [0.25, 0.3) is 0 Å². The van der Waals surface area contributed by atoms with Crippen LogP contribution in [0.3, 0.4) is 0 Å². The number of nitrogens with one attached hydrogen (secondary N) is 1. The van der Waals surface area contributed by atoms with E-state index in [1.54, 1.807) is 4.90 Å². The Hall–Kier alpha value is -1.06. The molecule has 1 saturated heterocycles. The van der Waals surface area contributed by atoms with Gasteiger partial charge in [0.15, 0.2) is 0 Å². The van der Waals surface area contributed by atoms with E-state index < -0.39 is 0 Å². The molecule has 0 aromatic carbocycles. The van der Waals surface area contributed by atoms with Crippen molar-refractivity contribution >= 4 is 11.8 Å². The van der Waals surface area contributed by atoms with Gasteiger partial charge in [-0.25, -0.2) is 0 Å². The second-order valence-electron chi connectivity index (χ2n) is 5.06. The Labute approximate surface area is 97.4 Å². The summed E-state index contributed by atoms with van der Waals surface area (Å²) in [5, 5.41) is 2.97. The molecule has 1 heterocycles. The second kappa shape index (κ2) is 5.32. The van der Waals surface area contributed by atoms with Crippen LogP contribution in [0.1, 0.15) is 40.5 Å². The molecule has 1 aliphatic heterocycles. The fourth-order valence-corrected chi connectivity index (χ4v) is 2.14. The minimum absolute atomic E-state index is 0.00500. The van der Waals surface area contributed by atoms with Gasteiger partial charge in [0.2, 0.25) is 11.8 Å². The Kier molecular flexibility index (Phi) is 4.33. The van der Waals surface area contributed by atoms with Crippen molar-refractivity contribution < 1.29 is 9.59 Å². The number of carbonyl (C=O) groups excluding carboxylic acids is 2. The minimum Gasteiger partial charge on any atom is -0.352 e. The summed E-state index contributed by atoms with van der Waals surface area (Å²) < 4.78 is 0. The van der Waals surface area contributed by atoms with Crippen molar-refractivity contribution in [2.45, 2.75) is 52.6 Å². The van der Waals surface area contributed by atoms with Gasteiger partial charge in [0.05, 0.1) is 0 Å². The average Bonchev–Trinajstić information content (AvgIpc) is 1.96. The second-order valence-corrected chi connectivity index (χ2v) is 5.06. The van der Waals surface area contributed by atoms with E-state index >= 15 is 0 Å². The van der Waals surface area contributed by atoms with E-state index in [0.29, 0.717) is 12.5 Å². The smallest absolute Gasteiger partial charge is 0.243 e. The highest BCUT2D eigenvalue weighted by Crippen LogP contribution is 2.17. The molecule has 1 fully saturated rings. The molecule has 2 unspecified atom stereocenters. The van der Waals surface area contributed by atoms with Crippen LogP contribution in [0.2, 0.25) is 0 Å². The van der Waals surface area contributed by atoms with Crippen LogP contribution in [-0.4, -0.2) is 35.3 Å². The topological polar surface area (TPSA) is 49.4 Å². The lowest BCUT2D eigenvalue weighted by atomic mass is 10.0. The number of carbonyl (C=O) groups is 2. The van der Waals surface area contributed by atoms with Gasteiger partial charge in [-0.1, -0.05) is 13.8 Å². The average molecular weight is 226 g/mol. The zero-order chi connectivity index (χ0) is 12.3.